The predicted molar refractivity (Wildman–Crippen MR) is 103 cm³/mol. The number of esters is 1. The summed E-state index contributed by atoms with van der Waals surface area (Å²) in [5, 5.41) is 13.8. The maximum absolute atomic E-state index is 12.6. The van der Waals surface area contributed by atoms with Crippen LogP contribution >= 0.6 is 0 Å². The number of nitro benzene ring substituents is 1. The second kappa shape index (κ2) is 8.98. The number of nitro groups is 1. The number of hydrogen-bond acceptors (Lipinski definition) is 6. The van der Waals surface area contributed by atoms with Crippen molar-refractivity contribution in [1.29, 1.82) is 0 Å². The van der Waals surface area contributed by atoms with Crippen molar-refractivity contribution in [3.05, 3.63) is 68.8 Å². The van der Waals surface area contributed by atoms with E-state index < -0.39 is 22.8 Å². The Labute approximate surface area is 162 Å². The van der Waals surface area contributed by atoms with Crippen LogP contribution in [0.2, 0.25) is 0 Å². The molecule has 1 atom stereocenters. The molecule has 1 N–H and O–H groups in total. The zero-order valence-corrected chi connectivity index (χ0v) is 16.1. The van der Waals surface area contributed by atoms with Gasteiger partial charge < -0.3 is 14.8 Å². The van der Waals surface area contributed by atoms with Gasteiger partial charge in [0.15, 0.2) is 5.75 Å². The summed E-state index contributed by atoms with van der Waals surface area (Å²) < 4.78 is 9.76. The number of hydrogen-bond donors (Lipinski definition) is 1. The minimum atomic E-state index is -0.994. The van der Waals surface area contributed by atoms with Gasteiger partial charge in [0.05, 0.1) is 19.1 Å². The molecule has 148 valence electrons. The third-order valence-corrected chi connectivity index (χ3v) is 4.15. The lowest BCUT2D eigenvalue weighted by Gasteiger charge is -2.17. The molecule has 0 aliphatic carbocycles. The number of amides is 1. The van der Waals surface area contributed by atoms with Crippen LogP contribution in [0.3, 0.4) is 0 Å². The van der Waals surface area contributed by atoms with E-state index in [9.17, 15) is 19.7 Å². The minimum absolute atomic E-state index is 0.0358. The number of aryl methyl sites for hydroxylation is 2. The topological polar surface area (TPSA) is 108 Å². The molecule has 0 aliphatic heterocycles. The summed E-state index contributed by atoms with van der Waals surface area (Å²) in [6.07, 6.45) is 0.0358. The van der Waals surface area contributed by atoms with E-state index in [1.807, 2.05) is 19.9 Å². The summed E-state index contributed by atoms with van der Waals surface area (Å²) in [6.45, 7) is 3.75. The third-order valence-electron chi connectivity index (χ3n) is 4.15. The van der Waals surface area contributed by atoms with Gasteiger partial charge in [0.2, 0.25) is 0 Å². The standard InChI is InChI=1S/C20H22N2O6/c1-12-7-13(2)9-15(8-12)19(23)21-16(20(24)28-4)10-14-5-6-18(27-3)17(11-14)22(25)26/h5-9,11,16H,10H2,1-4H3,(H,21,23)/t16-/m0/s1. The number of rotatable bonds is 7. The van der Waals surface area contributed by atoms with Gasteiger partial charge in [-0.1, -0.05) is 23.3 Å². The predicted octanol–water partition coefficient (Wildman–Crippen LogP) is 2.73. The van der Waals surface area contributed by atoms with Gasteiger partial charge in [-0.05, 0) is 37.6 Å². The van der Waals surface area contributed by atoms with Crippen molar-refractivity contribution in [3.8, 4) is 5.75 Å². The fourth-order valence-corrected chi connectivity index (χ4v) is 2.92. The van der Waals surface area contributed by atoms with Crippen molar-refractivity contribution < 1.29 is 24.0 Å². The molecule has 0 saturated heterocycles. The number of benzene rings is 2. The number of nitrogens with zero attached hydrogens (tertiary/aromatic N) is 1. The summed E-state index contributed by atoms with van der Waals surface area (Å²) in [5.74, 6) is -0.955. The zero-order chi connectivity index (χ0) is 20.8. The fourth-order valence-electron chi connectivity index (χ4n) is 2.92. The highest BCUT2D eigenvalue weighted by molar-refractivity contribution is 5.97. The van der Waals surface area contributed by atoms with E-state index in [0.717, 1.165) is 11.1 Å². The maximum Gasteiger partial charge on any atom is 0.328 e. The third kappa shape index (κ3) is 5.06. The van der Waals surface area contributed by atoms with E-state index in [0.29, 0.717) is 11.1 Å². The van der Waals surface area contributed by atoms with Crippen molar-refractivity contribution >= 4 is 17.6 Å². The lowest BCUT2D eigenvalue weighted by Crippen LogP contribution is -2.43. The molecule has 0 spiro atoms. The lowest BCUT2D eigenvalue weighted by atomic mass is 10.0. The van der Waals surface area contributed by atoms with Gasteiger partial charge >= 0.3 is 11.7 Å². The summed E-state index contributed by atoms with van der Waals surface area (Å²) >= 11 is 0. The van der Waals surface area contributed by atoms with Gasteiger partial charge in [-0.3, -0.25) is 14.9 Å². The van der Waals surface area contributed by atoms with Gasteiger partial charge in [-0.15, -0.1) is 0 Å². The number of carbonyl (C=O) groups is 2. The summed E-state index contributed by atoms with van der Waals surface area (Å²) in [7, 11) is 2.55. The van der Waals surface area contributed by atoms with Crippen LogP contribution in [0.15, 0.2) is 36.4 Å². The molecule has 1 amide bonds. The van der Waals surface area contributed by atoms with Crippen molar-refractivity contribution in [2.24, 2.45) is 0 Å². The molecule has 0 radical (unpaired) electrons. The highest BCUT2D eigenvalue weighted by Gasteiger charge is 2.24. The van der Waals surface area contributed by atoms with Crippen LogP contribution in [0.5, 0.6) is 5.75 Å². The Balaban J connectivity index is 2.27. The molecule has 0 aromatic heterocycles. The van der Waals surface area contributed by atoms with Crippen LogP contribution in [0, 0.1) is 24.0 Å². The quantitative estimate of drug-likeness (QED) is 0.445. The Kier molecular flexibility index (Phi) is 6.70. The van der Waals surface area contributed by atoms with Gasteiger partial charge in [0.25, 0.3) is 5.91 Å². The summed E-state index contributed by atoms with van der Waals surface area (Å²) in [6, 6.07) is 8.75. The second-order valence-corrected chi connectivity index (χ2v) is 6.39. The van der Waals surface area contributed by atoms with E-state index in [1.54, 1.807) is 18.2 Å². The van der Waals surface area contributed by atoms with E-state index in [4.69, 9.17) is 9.47 Å². The van der Waals surface area contributed by atoms with Crippen LogP contribution < -0.4 is 10.1 Å². The molecule has 8 heteroatoms. The van der Waals surface area contributed by atoms with E-state index in [-0.39, 0.29) is 17.9 Å². The fraction of sp³-hybridized carbons (Fsp3) is 0.300. The Morgan fingerprint density at radius 1 is 1.11 bits per heavy atom. The SMILES string of the molecule is COC(=O)[C@H](Cc1ccc(OC)c([N+](=O)[O-])c1)NC(=O)c1cc(C)cc(C)c1. The maximum atomic E-state index is 12.6. The molecule has 0 fully saturated rings. The lowest BCUT2D eigenvalue weighted by molar-refractivity contribution is -0.385. The summed E-state index contributed by atoms with van der Waals surface area (Å²) in [5.41, 5.74) is 2.54. The first-order valence-corrected chi connectivity index (χ1v) is 8.53. The van der Waals surface area contributed by atoms with Crippen molar-refractivity contribution in [2.75, 3.05) is 14.2 Å². The molecule has 8 nitrogen and oxygen atoms in total. The molecule has 2 aromatic carbocycles. The minimum Gasteiger partial charge on any atom is -0.490 e. The molecule has 2 rings (SSSR count). The molecular weight excluding hydrogens is 364 g/mol. The number of nitrogens with one attached hydrogen (secondary N) is 1. The molecule has 28 heavy (non-hydrogen) atoms. The number of carbonyl (C=O) groups excluding carboxylic acids is 2. The Bertz CT molecular complexity index is 889. The second-order valence-electron chi connectivity index (χ2n) is 6.39. The van der Waals surface area contributed by atoms with Crippen molar-refractivity contribution in [1.82, 2.24) is 5.32 Å². The van der Waals surface area contributed by atoms with E-state index in [1.165, 1.54) is 26.4 Å². The molecular formula is C20H22N2O6. The van der Waals surface area contributed by atoms with Crippen LogP contribution in [-0.2, 0) is 16.0 Å². The average Bonchev–Trinajstić information content (AvgIpc) is 2.65. The van der Waals surface area contributed by atoms with Gasteiger partial charge in [0, 0.05) is 18.1 Å². The van der Waals surface area contributed by atoms with Crippen molar-refractivity contribution in [3.63, 3.8) is 0 Å². The monoisotopic (exact) mass is 386 g/mol. The molecule has 2 aromatic rings. The Hall–Kier alpha value is -3.42. The summed E-state index contributed by atoms with van der Waals surface area (Å²) in [4.78, 5) is 35.4. The Morgan fingerprint density at radius 3 is 2.29 bits per heavy atom. The van der Waals surface area contributed by atoms with E-state index in [2.05, 4.69) is 5.32 Å². The normalized spacial score (nSPS) is 11.4. The highest BCUT2D eigenvalue weighted by Crippen LogP contribution is 2.28. The smallest absolute Gasteiger partial charge is 0.328 e. The van der Waals surface area contributed by atoms with Crippen LogP contribution in [-0.4, -0.2) is 37.1 Å². The first kappa shape index (κ1) is 20.9. The van der Waals surface area contributed by atoms with Crippen LogP contribution in [0.1, 0.15) is 27.0 Å². The first-order valence-electron chi connectivity index (χ1n) is 8.53. The largest absolute Gasteiger partial charge is 0.490 e. The van der Waals surface area contributed by atoms with Gasteiger partial charge in [0.1, 0.15) is 6.04 Å². The molecule has 0 aliphatic rings. The van der Waals surface area contributed by atoms with Gasteiger partial charge in [-0.2, -0.15) is 0 Å². The first-order chi connectivity index (χ1) is 13.2. The van der Waals surface area contributed by atoms with Crippen LogP contribution in [0.25, 0.3) is 0 Å². The number of ether oxygens (including phenoxy) is 2. The zero-order valence-electron chi connectivity index (χ0n) is 16.1. The molecule has 0 saturated carbocycles. The molecule has 0 bridgehead atoms. The molecule has 0 unspecified atom stereocenters. The molecule has 0 heterocycles. The van der Waals surface area contributed by atoms with Crippen molar-refractivity contribution in [2.45, 2.75) is 26.3 Å². The average molecular weight is 386 g/mol. The Morgan fingerprint density at radius 2 is 1.75 bits per heavy atom. The highest BCUT2D eigenvalue weighted by atomic mass is 16.6. The van der Waals surface area contributed by atoms with Crippen LogP contribution in [0.4, 0.5) is 5.69 Å². The van der Waals surface area contributed by atoms with Gasteiger partial charge in [-0.25, -0.2) is 4.79 Å². The van der Waals surface area contributed by atoms with E-state index >= 15 is 0 Å². The number of methoxy groups -OCH3 is 2.